The fraction of sp³-hybridized carbons (Fsp3) is 0.562. The van der Waals surface area contributed by atoms with Gasteiger partial charge in [0.05, 0.1) is 35.1 Å². The van der Waals surface area contributed by atoms with Gasteiger partial charge >= 0.3 is 0 Å². The van der Waals surface area contributed by atoms with Crippen LogP contribution in [0.2, 0.25) is 5.04 Å². The van der Waals surface area contributed by atoms with Crippen LogP contribution >= 0.6 is 22.6 Å². The molecule has 2 aliphatic heterocycles. The number of halogens is 1. The van der Waals surface area contributed by atoms with Crippen LogP contribution in [0.3, 0.4) is 0 Å². The molecule has 0 amide bonds. The van der Waals surface area contributed by atoms with Gasteiger partial charge in [-0.1, -0.05) is 99.9 Å². The zero-order valence-electron chi connectivity index (χ0n) is 36.8. The smallest absolute Gasteiger partial charge is 0.261 e. The van der Waals surface area contributed by atoms with Crippen LogP contribution in [-0.4, -0.2) is 92.9 Å². The molecule has 1 saturated carbocycles. The molecule has 2 saturated heterocycles. The Morgan fingerprint density at radius 3 is 2.34 bits per heavy atom. The van der Waals surface area contributed by atoms with E-state index >= 15 is 0 Å². The third-order valence-corrected chi connectivity index (χ3v) is 20.4. The van der Waals surface area contributed by atoms with Crippen LogP contribution in [0.15, 0.2) is 65.2 Å². The van der Waals surface area contributed by atoms with Crippen molar-refractivity contribution in [2.24, 2.45) is 0 Å². The number of likely N-dealkylation sites (N-methyl/N-ethyl adjacent to an activating group) is 1. The first-order valence-corrected chi connectivity index (χ1v) is 25.7. The molecule has 9 rings (SSSR count). The molecule has 1 N–H and O–H groups in total. The van der Waals surface area contributed by atoms with Gasteiger partial charge in [0.2, 0.25) is 0 Å². The Balaban J connectivity index is 1.20. The highest BCUT2D eigenvalue weighted by molar-refractivity contribution is 14.1. The number of anilines is 1. The van der Waals surface area contributed by atoms with Crippen molar-refractivity contribution in [1.82, 2.24) is 29.8 Å². The summed E-state index contributed by atoms with van der Waals surface area (Å²) >= 11 is 2.36. The van der Waals surface area contributed by atoms with E-state index in [4.69, 9.17) is 29.2 Å². The first-order valence-electron chi connectivity index (χ1n) is 22.7. The molecular weight excluding hydrogens is 894 g/mol. The Morgan fingerprint density at radius 1 is 0.967 bits per heavy atom. The van der Waals surface area contributed by atoms with Gasteiger partial charge in [-0.05, 0) is 123 Å². The van der Waals surface area contributed by atoms with Crippen molar-refractivity contribution < 1.29 is 18.9 Å². The van der Waals surface area contributed by atoms with E-state index < -0.39 is 19.3 Å². The van der Waals surface area contributed by atoms with Gasteiger partial charge in [0, 0.05) is 24.6 Å². The third-order valence-electron chi connectivity index (χ3n) is 14.7. The van der Waals surface area contributed by atoms with Gasteiger partial charge in [0.15, 0.2) is 22.9 Å². The number of benzene rings is 2. The molecule has 324 valence electrons. The monoisotopic (exact) mass is 955 g/mol. The summed E-state index contributed by atoms with van der Waals surface area (Å²) in [5.74, 6) is 2.21. The van der Waals surface area contributed by atoms with Crippen molar-refractivity contribution in [2.45, 2.75) is 146 Å². The van der Waals surface area contributed by atoms with E-state index in [0.717, 1.165) is 96.3 Å². The van der Waals surface area contributed by atoms with Crippen molar-refractivity contribution in [3.63, 3.8) is 0 Å². The molecule has 0 bridgehead atoms. The number of Topliss-reactive ketones (excluding diaryl/α,β-unsaturated/α-hetero) is 1. The molecule has 1 spiro atoms. The first-order chi connectivity index (χ1) is 29.3. The highest BCUT2D eigenvalue weighted by Crippen LogP contribution is 2.48. The number of hydrogen-bond acceptors (Lipinski definition) is 10. The lowest BCUT2D eigenvalue weighted by molar-refractivity contribution is -0.128. The van der Waals surface area contributed by atoms with Gasteiger partial charge in [-0.3, -0.25) is 9.69 Å². The van der Waals surface area contributed by atoms with Gasteiger partial charge < -0.3 is 19.0 Å². The second-order valence-corrected chi connectivity index (χ2v) is 24.9. The standard InChI is InChI=1S/C48H62IN7O4Si/c1-7-54-29-17-23-37(54)32(2)56-45-39(42(49)52-56)44(50-43(51-45)40-36-22-16-27-48(41(36)60-53-40)26-15-14-24-38(48)57)55-31-47(6,58)28-25-33(55)30-59-61(46(3,4)5,34-18-10-8-11-19-34)35-20-12-9-13-21-35/h8-13,18-21,32-33,37,58H,7,14-17,22-31H2,1-6H3/t32-,33+,37-,47+,48+/m0/s1. The summed E-state index contributed by atoms with van der Waals surface area (Å²) in [6, 6.07) is 21.9. The predicted molar refractivity (Wildman–Crippen MR) is 251 cm³/mol. The summed E-state index contributed by atoms with van der Waals surface area (Å²) in [4.78, 5) is 29.5. The molecule has 0 unspecified atom stereocenters. The molecule has 2 aromatic carbocycles. The Morgan fingerprint density at radius 2 is 1.67 bits per heavy atom. The van der Waals surface area contributed by atoms with Crippen molar-refractivity contribution in [3.05, 3.63) is 75.7 Å². The van der Waals surface area contributed by atoms with E-state index in [2.05, 4.69) is 132 Å². The fourth-order valence-corrected chi connectivity index (χ4v) is 16.8. The summed E-state index contributed by atoms with van der Waals surface area (Å²) in [6.07, 6.45) is 9.36. The summed E-state index contributed by atoms with van der Waals surface area (Å²) < 4.78 is 16.9. The molecule has 5 aromatic rings. The number of piperidine rings is 1. The normalized spacial score (nSPS) is 25.7. The van der Waals surface area contributed by atoms with Crippen molar-refractivity contribution in [1.29, 1.82) is 0 Å². The number of likely N-dealkylation sites (tertiary alicyclic amines) is 1. The van der Waals surface area contributed by atoms with Gasteiger partial charge in [-0.15, -0.1) is 0 Å². The zero-order valence-corrected chi connectivity index (χ0v) is 40.0. The van der Waals surface area contributed by atoms with Crippen molar-refractivity contribution in [3.8, 4) is 11.5 Å². The summed E-state index contributed by atoms with van der Waals surface area (Å²) in [5.41, 5.74) is 0.757. The number of hydrogen-bond donors (Lipinski definition) is 1. The number of carbonyl (C=O) groups excluding carboxylic acids is 1. The summed E-state index contributed by atoms with van der Waals surface area (Å²) in [7, 11) is -2.89. The minimum absolute atomic E-state index is 0.0529. The number of β-amino-alcohol motifs (C(OH)–C–C–N with tert-alkyl or cyclic N) is 1. The van der Waals surface area contributed by atoms with E-state index in [9.17, 15) is 9.90 Å². The molecular formula is C48H62IN7O4Si. The van der Waals surface area contributed by atoms with Crippen molar-refractivity contribution in [2.75, 3.05) is 31.1 Å². The van der Waals surface area contributed by atoms with Gasteiger partial charge in [-0.25, -0.2) is 14.6 Å². The lowest BCUT2D eigenvalue weighted by atomic mass is 9.64. The minimum Gasteiger partial charge on any atom is -0.405 e. The van der Waals surface area contributed by atoms with E-state index in [-0.39, 0.29) is 22.9 Å². The second-order valence-electron chi connectivity index (χ2n) is 19.6. The van der Waals surface area contributed by atoms with Crippen LogP contribution in [0.1, 0.15) is 123 Å². The van der Waals surface area contributed by atoms with Gasteiger partial charge in [0.25, 0.3) is 8.32 Å². The predicted octanol–water partition coefficient (Wildman–Crippen LogP) is 8.14. The Hall–Kier alpha value is -3.50. The van der Waals surface area contributed by atoms with Crippen LogP contribution in [-0.2, 0) is 21.1 Å². The van der Waals surface area contributed by atoms with E-state index in [0.29, 0.717) is 50.0 Å². The van der Waals surface area contributed by atoms with Crippen LogP contribution in [0.5, 0.6) is 0 Å². The second kappa shape index (κ2) is 16.6. The lowest BCUT2D eigenvalue weighted by Gasteiger charge is -2.47. The quantitative estimate of drug-likeness (QED) is 0.109. The number of fused-ring (bicyclic) bond motifs is 3. The number of aliphatic hydroxyl groups is 1. The van der Waals surface area contributed by atoms with Gasteiger partial charge in [0.1, 0.15) is 15.3 Å². The average Bonchev–Trinajstić information content (AvgIpc) is 4.00. The number of nitrogens with zero attached hydrogens (tertiary/aromatic N) is 7. The molecule has 61 heavy (non-hydrogen) atoms. The number of rotatable bonds is 10. The van der Waals surface area contributed by atoms with Crippen LogP contribution in [0, 0.1) is 3.70 Å². The van der Waals surface area contributed by atoms with E-state index in [1.165, 1.54) is 10.4 Å². The van der Waals surface area contributed by atoms with Crippen LogP contribution in [0.25, 0.3) is 22.6 Å². The van der Waals surface area contributed by atoms with E-state index in [1.807, 2.05) is 6.92 Å². The highest BCUT2D eigenvalue weighted by Gasteiger charge is 2.52. The molecule has 3 aromatic heterocycles. The van der Waals surface area contributed by atoms with Crippen molar-refractivity contribution >= 4 is 63.9 Å². The molecule has 4 aliphatic rings. The molecule has 3 fully saturated rings. The molecule has 0 radical (unpaired) electrons. The first kappa shape index (κ1) is 42.8. The molecule has 5 heterocycles. The highest BCUT2D eigenvalue weighted by atomic mass is 127. The van der Waals surface area contributed by atoms with Gasteiger partial charge in [-0.2, -0.15) is 5.10 Å². The molecule has 13 heteroatoms. The number of aromatic nitrogens is 5. The Labute approximate surface area is 375 Å². The summed E-state index contributed by atoms with van der Waals surface area (Å²) in [6.45, 7) is 16.3. The zero-order chi connectivity index (χ0) is 42.7. The SMILES string of the molecule is CCN1CCC[C@H]1[C@H](C)n1nc(I)c2c(N3C[C@](C)(O)CC[C@@H]3CO[Si](c3ccccc3)(c3ccccc3)C(C)(C)C)nc(-c3noc4c3CCC[C@@]43CCCCC3=O)nc21. The van der Waals surface area contributed by atoms with Crippen LogP contribution < -0.4 is 15.3 Å². The maximum Gasteiger partial charge on any atom is 0.261 e. The molecule has 5 atom stereocenters. The Kier molecular flexibility index (Phi) is 11.6. The molecule has 2 aliphatic carbocycles. The maximum absolute atomic E-state index is 13.7. The fourth-order valence-electron chi connectivity index (χ4n) is 11.5. The lowest BCUT2D eigenvalue weighted by Crippen LogP contribution is -2.67. The number of ketones is 1. The largest absolute Gasteiger partial charge is 0.405 e. The Bertz CT molecular complexity index is 2340. The third kappa shape index (κ3) is 7.41. The number of carbonyl (C=O) groups is 1. The van der Waals surface area contributed by atoms with E-state index in [1.54, 1.807) is 0 Å². The maximum atomic E-state index is 13.7. The summed E-state index contributed by atoms with van der Waals surface area (Å²) in [5, 5.41) is 25.1. The topological polar surface area (TPSA) is 123 Å². The average molecular weight is 956 g/mol. The van der Waals surface area contributed by atoms with Crippen LogP contribution in [0.4, 0.5) is 5.82 Å². The molecule has 11 nitrogen and oxygen atoms in total. The minimum atomic E-state index is -2.89.